The molecule has 0 amide bonds. The van der Waals surface area contributed by atoms with E-state index in [1.807, 2.05) is 12.4 Å². The summed E-state index contributed by atoms with van der Waals surface area (Å²) in [5.41, 5.74) is 0.965. The largest absolute Gasteiger partial charge is 0.396 e. The SMILES string of the molecule is OCCCCCCCCCCCCn1ccnc1-c1ccc(F)cc1. The molecule has 2 aromatic rings. The Bertz CT molecular complexity index is 580. The molecule has 0 aliphatic heterocycles. The summed E-state index contributed by atoms with van der Waals surface area (Å²) in [5.74, 6) is 0.707. The Balaban J connectivity index is 1.57. The summed E-state index contributed by atoms with van der Waals surface area (Å²) in [6, 6.07) is 6.54. The molecule has 1 aromatic carbocycles. The minimum Gasteiger partial charge on any atom is -0.396 e. The van der Waals surface area contributed by atoms with Gasteiger partial charge in [-0.05, 0) is 37.1 Å². The van der Waals surface area contributed by atoms with Gasteiger partial charge in [-0.1, -0.05) is 51.4 Å². The summed E-state index contributed by atoms with van der Waals surface area (Å²) in [7, 11) is 0. The molecule has 0 unspecified atom stereocenters. The molecule has 0 saturated heterocycles. The summed E-state index contributed by atoms with van der Waals surface area (Å²) >= 11 is 0. The number of nitrogens with zero attached hydrogens (tertiary/aromatic N) is 2. The van der Waals surface area contributed by atoms with Gasteiger partial charge < -0.3 is 9.67 Å². The van der Waals surface area contributed by atoms with Gasteiger partial charge in [0.25, 0.3) is 0 Å². The van der Waals surface area contributed by atoms with E-state index in [0.29, 0.717) is 6.61 Å². The third-order valence-corrected chi connectivity index (χ3v) is 4.63. The Morgan fingerprint density at radius 2 is 1.36 bits per heavy atom. The standard InChI is InChI=1S/C21H31FN2O/c22-20-13-11-19(12-14-20)21-23-15-17-24(21)16-9-7-5-3-1-2-4-6-8-10-18-25/h11-15,17,25H,1-10,16,18H2. The van der Waals surface area contributed by atoms with Crippen molar-refractivity contribution in [1.82, 2.24) is 9.55 Å². The number of aryl methyl sites for hydroxylation is 1. The fourth-order valence-electron chi connectivity index (χ4n) is 3.16. The van der Waals surface area contributed by atoms with Gasteiger partial charge in [0.1, 0.15) is 11.6 Å². The minimum absolute atomic E-state index is 0.213. The van der Waals surface area contributed by atoms with Gasteiger partial charge in [0.2, 0.25) is 0 Å². The van der Waals surface area contributed by atoms with Gasteiger partial charge in [-0.25, -0.2) is 9.37 Å². The third-order valence-electron chi connectivity index (χ3n) is 4.63. The lowest BCUT2D eigenvalue weighted by Gasteiger charge is -2.08. The number of aromatic nitrogens is 2. The Morgan fingerprint density at radius 1 is 0.800 bits per heavy atom. The summed E-state index contributed by atoms with van der Waals surface area (Å²) in [4.78, 5) is 4.41. The van der Waals surface area contributed by atoms with E-state index >= 15 is 0 Å². The highest BCUT2D eigenvalue weighted by Crippen LogP contribution is 2.19. The van der Waals surface area contributed by atoms with E-state index in [1.54, 1.807) is 12.1 Å². The zero-order valence-electron chi connectivity index (χ0n) is 15.2. The van der Waals surface area contributed by atoms with Gasteiger partial charge in [0.15, 0.2) is 0 Å². The van der Waals surface area contributed by atoms with Crippen molar-refractivity contribution in [3.05, 3.63) is 42.5 Å². The maximum absolute atomic E-state index is 13.0. The van der Waals surface area contributed by atoms with Gasteiger partial charge >= 0.3 is 0 Å². The molecule has 0 aliphatic rings. The molecule has 25 heavy (non-hydrogen) atoms. The molecular formula is C21H31FN2O. The molecule has 1 aromatic heterocycles. The van der Waals surface area contributed by atoms with Crippen LogP contribution < -0.4 is 0 Å². The van der Waals surface area contributed by atoms with Gasteiger partial charge in [0, 0.05) is 31.1 Å². The highest BCUT2D eigenvalue weighted by atomic mass is 19.1. The quantitative estimate of drug-likeness (QED) is 0.481. The lowest BCUT2D eigenvalue weighted by atomic mass is 10.1. The Morgan fingerprint density at radius 3 is 1.96 bits per heavy atom. The first kappa shape index (κ1) is 19.6. The van der Waals surface area contributed by atoms with Crippen LogP contribution in [0.2, 0.25) is 0 Å². The second kappa shape index (κ2) is 11.8. The molecule has 3 nitrogen and oxygen atoms in total. The van der Waals surface area contributed by atoms with Crippen molar-refractivity contribution >= 4 is 0 Å². The number of hydrogen-bond donors (Lipinski definition) is 1. The second-order valence-electron chi connectivity index (χ2n) is 6.71. The van der Waals surface area contributed by atoms with Crippen LogP contribution in [0.5, 0.6) is 0 Å². The van der Waals surface area contributed by atoms with E-state index in [9.17, 15) is 4.39 Å². The molecule has 1 heterocycles. The van der Waals surface area contributed by atoms with E-state index in [0.717, 1.165) is 37.2 Å². The van der Waals surface area contributed by atoms with Crippen LogP contribution in [0, 0.1) is 5.82 Å². The maximum atomic E-state index is 13.0. The third kappa shape index (κ3) is 7.39. The molecule has 0 fully saturated rings. The van der Waals surface area contributed by atoms with E-state index in [2.05, 4.69) is 9.55 Å². The van der Waals surface area contributed by atoms with Crippen molar-refractivity contribution in [3.63, 3.8) is 0 Å². The molecule has 0 aliphatic carbocycles. The molecular weight excluding hydrogens is 315 g/mol. The van der Waals surface area contributed by atoms with E-state index in [-0.39, 0.29) is 5.82 Å². The van der Waals surface area contributed by atoms with Crippen LogP contribution in [-0.2, 0) is 6.54 Å². The van der Waals surface area contributed by atoms with E-state index in [1.165, 1.54) is 57.1 Å². The van der Waals surface area contributed by atoms with Crippen LogP contribution in [0.4, 0.5) is 4.39 Å². The van der Waals surface area contributed by atoms with Crippen molar-refractivity contribution < 1.29 is 9.50 Å². The van der Waals surface area contributed by atoms with Gasteiger partial charge in [-0.2, -0.15) is 0 Å². The maximum Gasteiger partial charge on any atom is 0.139 e. The number of rotatable bonds is 13. The Kier molecular flexibility index (Phi) is 9.27. The smallest absolute Gasteiger partial charge is 0.139 e. The van der Waals surface area contributed by atoms with Crippen molar-refractivity contribution in [2.45, 2.75) is 70.8 Å². The summed E-state index contributed by atoms with van der Waals surface area (Å²) < 4.78 is 15.2. The fraction of sp³-hybridized carbons (Fsp3) is 0.571. The lowest BCUT2D eigenvalue weighted by Crippen LogP contribution is -1.99. The first-order chi connectivity index (χ1) is 12.3. The predicted octanol–water partition coefficient (Wildman–Crippen LogP) is 5.58. The normalized spacial score (nSPS) is 11.1. The van der Waals surface area contributed by atoms with Crippen LogP contribution in [0.3, 0.4) is 0 Å². The molecule has 138 valence electrons. The Hall–Kier alpha value is -1.68. The van der Waals surface area contributed by atoms with Crippen LogP contribution in [0.25, 0.3) is 11.4 Å². The van der Waals surface area contributed by atoms with Crippen LogP contribution in [0.15, 0.2) is 36.7 Å². The molecule has 0 radical (unpaired) electrons. The number of imidazole rings is 1. The number of unbranched alkanes of at least 4 members (excludes halogenated alkanes) is 9. The number of halogens is 1. The average molecular weight is 346 g/mol. The highest BCUT2D eigenvalue weighted by Gasteiger charge is 2.05. The molecule has 0 saturated carbocycles. The van der Waals surface area contributed by atoms with Crippen molar-refractivity contribution in [3.8, 4) is 11.4 Å². The average Bonchev–Trinajstić information content (AvgIpc) is 3.09. The zero-order valence-corrected chi connectivity index (χ0v) is 15.2. The number of hydrogen-bond acceptors (Lipinski definition) is 2. The Labute approximate surface area is 150 Å². The minimum atomic E-state index is -0.213. The van der Waals surface area contributed by atoms with Crippen molar-refractivity contribution in [2.75, 3.05) is 6.61 Å². The first-order valence-corrected chi connectivity index (χ1v) is 9.69. The predicted molar refractivity (Wildman–Crippen MR) is 101 cm³/mol. The first-order valence-electron chi connectivity index (χ1n) is 9.69. The van der Waals surface area contributed by atoms with Gasteiger partial charge in [-0.3, -0.25) is 0 Å². The summed E-state index contributed by atoms with van der Waals surface area (Å²) in [6.45, 7) is 1.30. The van der Waals surface area contributed by atoms with Crippen LogP contribution in [0.1, 0.15) is 64.2 Å². The fourth-order valence-corrected chi connectivity index (χ4v) is 3.16. The topological polar surface area (TPSA) is 38.0 Å². The van der Waals surface area contributed by atoms with Gasteiger partial charge in [0.05, 0.1) is 0 Å². The second-order valence-corrected chi connectivity index (χ2v) is 6.71. The zero-order chi connectivity index (χ0) is 17.7. The van der Waals surface area contributed by atoms with Crippen LogP contribution in [-0.4, -0.2) is 21.3 Å². The van der Waals surface area contributed by atoms with E-state index in [4.69, 9.17) is 5.11 Å². The summed E-state index contributed by atoms with van der Waals surface area (Å²) in [5, 5.41) is 8.73. The van der Waals surface area contributed by atoms with Crippen molar-refractivity contribution in [1.29, 1.82) is 0 Å². The molecule has 2 rings (SSSR count). The highest BCUT2D eigenvalue weighted by molar-refractivity contribution is 5.55. The molecule has 1 N–H and O–H groups in total. The molecule has 0 bridgehead atoms. The van der Waals surface area contributed by atoms with E-state index < -0.39 is 0 Å². The van der Waals surface area contributed by atoms with Gasteiger partial charge in [-0.15, -0.1) is 0 Å². The molecule has 0 atom stereocenters. The lowest BCUT2D eigenvalue weighted by molar-refractivity contribution is 0.282. The molecule has 4 heteroatoms. The van der Waals surface area contributed by atoms with Crippen molar-refractivity contribution in [2.24, 2.45) is 0 Å². The number of benzene rings is 1. The molecule has 0 spiro atoms. The summed E-state index contributed by atoms with van der Waals surface area (Å²) in [6.07, 6.45) is 16.1. The number of aliphatic hydroxyl groups excluding tert-OH is 1. The van der Waals surface area contributed by atoms with Crippen LogP contribution >= 0.6 is 0 Å². The number of aliphatic hydroxyl groups is 1. The monoisotopic (exact) mass is 346 g/mol.